The van der Waals surface area contributed by atoms with Gasteiger partial charge in [0.2, 0.25) is 0 Å². The number of hydrogen-bond acceptors (Lipinski definition) is 0. The summed E-state index contributed by atoms with van der Waals surface area (Å²) in [5.74, 6) is 0. The smallest absolute Gasteiger partial charge is 0.0654 e. The Hall–Kier alpha value is -0.350. The maximum atomic E-state index is 2.54. The summed E-state index contributed by atoms with van der Waals surface area (Å²) in [7, 11) is -0.742. The van der Waals surface area contributed by atoms with E-state index in [0.717, 1.165) is 0 Å². The molecule has 0 aliphatic carbocycles. The first kappa shape index (κ1) is 20.7. The fourth-order valence-corrected chi connectivity index (χ4v) is 5.80. The van der Waals surface area contributed by atoms with Crippen molar-refractivity contribution in [3.8, 4) is 0 Å². The first-order valence-electron chi connectivity index (χ1n) is 10.00. The fourth-order valence-electron chi connectivity index (χ4n) is 3.36. The van der Waals surface area contributed by atoms with Crippen LogP contribution in [0.3, 0.4) is 0 Å². The van der Waals surface area contributed by atoms with Gasteiger partial charge in [0.15, 0.2) is 0 Å². The van der Waals surface area contributed by atoms with Gasteiger partial charge < -0.3 is 0 Å². The van der Waals surface area contributed by atoms with Gasteiger partial charge in [0.05, 0.1) is 12.3 Å². The van der Waals surface area contributed by atoms with Crippen molar-refractivity contribution in [2.45, 2.75) is 83.7 Å². The predicted octanol–water partition coefficient (Wildman–Crippen LogP) is 7.77. The molecule has 1 aromatic carbocycles. The maximum Gasteiger partial charge on any atom is 0.0837 e. The van der Waals surface area contributed by atoms with Gasteiger partial charge in [0.1, 0.15) is 0 Å². The van der Waals surface area contributed by atoms with Gasteiger partial charge in [-0.3, -0.25) is 0 Å². The molecule has 0 atom stereocenters. The summed E-state index contributed by atoms with van der Waals surface area (Å²) >= 11 is 0. The highest BCUT2D eigenvalue weighted by Crippen LogP contribution is 2.54. The Morgan fingerprint density at radius 1 is 0.652 bits per heavy atom. The molecular formula is C22H40P+. The van der Waals surface area contributed by atoms with Crippen LogP contribution >= 0.6 is 7.26 Å². The monoisotopic (exact) mass is 335 g/mol. The van der Waals surface area contributed by atoms with Crippen LogP contribution in [0, 0.1) is 0 Å². The van der Waals surface area contributed by atoms with Gasteiger partial charge in [-0.25, -0.2) is 0 Å². The van der Waals surface area contributed by atoms with Crippen molar-refractivity contribution in [3.05, 3.63) is 35.9 Å². The lowest BCUT2D eigenvalue weighted by atomic mass is 10.1. The van der Waals surface area contributed by atoms with E-state index in [0.29, 0.717) is 0 Å². The molecule has 0 N–H and O–H groups in total. The molecule has 0 radical (unpaired) electrons. The molecule has 0 saturated heterocycles. The van der Waals surface area contributed by atoms with Gasteiger partial charge in [-0.15, -0.1) is 0 Å². The summed E-state index contributed by atoms with van der Waals surface area (Å²) in [5, 5.41) is 0. The average Bonchev–Trinajstić information content (AvgIpc) is 2.53. The van der Waals surface area contributed by atoms with E-state index < -0.39 is 7.26 Å². The van der Waals surface area contributed by atoms with E-state index in [9.17, 15) is 0 Å². The molecule has 1 heteroatoms. The molecule has 0 heterocycles. The van der Waals surface area contributed by atoms with E-state index in [1.165, 1.54) is 88.5 Å². The van der Waals surface area contributed by atoms with Gasteiger partial charge in [0, 0.05) is 20.6 Å². The Kier molecular flexibility index (Phi) is 11.7. The van der Waals surface area contributed by atoms with Crippen LogP contribution in [0.25, 0.3) is 0 Å². The highest BCUT2D eigenvalue weighted by molar-refractivity contribution is 7.73. The minimum atomic E-state index is -0.742. The largest absolute Gasteiger partial charge is 0.0837 e. The van der Waals surface area contributed by atoms with Gasteiger partial charge >= 0.3 is 0 Å². The van der Waals surface area contributed by atoms with Gasteiger partial charge in [-0.2, -0.15) is 0 Å². The Bertz CT molecular complexity index is 369. The Balaban J connectivity index is 1.95. The van der Waals surface area contributed by atoms with Crippen LogP contribution in [0.4, 0.5) is 0 Å². The topological polar surface area (TPSA) is 0 Å². The summed E-state index contributed by atoms with van der Waals surface area (Å²) in [6.45, 7) is 7.37. The van der Waals surface area contributed by atoms with Crippen molar-refractivity contribution < 1.29 is 0 Å². The van der Waals surface area contributed by atoms with Crippen molar-refractivity contribution in [3.63, 3.8) is 0 Å². The molecule has 0 unspecified atom stereocenters. The predicted molar refractivity (Wildman–Crippen MR) is 110 cm³/mol. The molecule has 23 heavy (non-hydrogen) atoms. The van der Waals surface area contributed by atoms with Crippen LogP contribution in [-0.4, -0.2) is 19.5 Å². The van der Waals surface area contributed by atoms with Crippen LogP contribution in [0.1, 0.15) is 83.1 Å². The van der Waals surface area contributed by atoms with Crippen LogP contribution in [0.2, 0.25) is 0 Å². The minimum Gasteiger partial charge on any atom is -0.0654 e. The molecule has 0 saturated carbocycles. The SMILES string of the molecule is CCCCCCCCCCCCC[P+](C)(C)Cc1ccccc1. The zero-order chi connectivity index (χ0) is 16.8. The molecule has 1 aromatic rings. The van der Waals surface area contributed by atoms with Gasteiger partial charge in [0.25, 0.3) is 0 Å². The zero-order valence-electron chi connectivity index (χ0n) is 16.0. The zero-order valence-corrected chi connectivity index (χ0v) is 16.9. The molecule has 0 aromatic heterocycles. The van der Waals surface area contributed by atoms with Crippen molar-refractivity contribution in [1.82, 2.24) is 0 Å². The van der Waals surface area contributed by atoms with Crippen LogP contribution in [0.15, 0.2) is 30.3 Å². The van der Waals surface area contributed by atoms with Crippen molar-refractivity contribution in [1.29, 1.82) is 0 Å². The van der Waals surface area contributed by atoms with E-state index in [1.807, 2.05) is 0 Å². The summed E-state index contributed by atoms with van der Waals surface area (Å²) < 4.78 is 0. The van der Waals surface area contributed by atoms with Crippen LogP contribution in [-0.2, 0) is 6.16 Å². The van der Waals surface area contributed by atoms with E-state index in [2.05, 4.69) is 50.6 Å². The van der Waals surface area contributed by atoms with Crippen molar-refractivity contribution in [2.75, 3.05) is 19.5 Å². The molecule has 0 bridgehead atoms. The molecular weight excluding hydrogens is 295 g/mol. The second-order valence-electron chi connectivity index (χ2n) is 7.84. The molecule has 0 nitrogen and oxygen atoms in total. The highest BCUT2D eigenvalue weighted by Gasteiger charge is 2.24. The van der Waals surface area contributed by atoms with E-state index in [4.69, 9.17) is 0 Å². The number of unbranched alkanes of at least 4 members (excludes halogenated alkanes) is 10. The standard InChI is InChI=1S/C22H40P/c1-4-5-6-7-8-9-10-11-12-13-17-20-23(2,3)21-22-18-15-14-16-19-22/h14-16,18-19H,4-13,17,20-21H2,1-3H3/q+1. The Labute approximate surface area is 146 Å². The molecule has 132 valence electrons. The fraction of sp³-hybridized carbons (Fsp3) is 0.727. The lowest BCUT2D eigenvalue weighted by Crippen LogP contribution is -1.99. The lowest BCUT2D eigenvalue weighted by molar-refractivity contribution is 0.554. The Morgan fingerprint density at radius 2 is 1.13 bits per heavy atom. The van der Waals surface area contributed by atoms with E-state index in [1.54, 1.807) is 0 Å². The molecule has 0 spiro atoms. The van der Waals surface area contributed by atoms with Crippen molar-refractivity contribution in [2.24, 2.45) is 0 Å². The van der Waals surface area contributed by atoms with Crippen LogP contribution < -0.4 is 0 Å². The summed E-state index contributed by atoms with van der Waals surface area (Å²) in [4.78, 5) is 0. The van der Waals surface area contributed by atoms with Gasteiger partial charge in [-0.05, 0) is 18.4 Å². The number of benzene rings is 1. The minimum absolute atomic E-state index is 0.742. The average molecular weight is 336 g/mol. The molecule has 0 amide bonds. The third kappa shape index (κ3) is 11.8. The summed E-state index contributed by atoms with van der Waals surface area (Å²) in [5.41, 5.74) is 1.54. The maximum absolute atomic E-state index is 2.54. The molecule has 0 aliphatic rings. The second kappa shape index (κ2) is 13.0. The summed E-state index contributed by atoms with van der Waals surface area (Å²) in [6, 6.07) is 11.1. The van der Waals surface area contributed by atoms with E-state index >= 15 is 0 Å². The molecule has 1 rings (SSSR count). The first-order valence-corrected chi connectivity index (χ1v) is 13.1. The normalized spacial score (nSPS) is 11.8. The first-order chi connectivity index (χ1) is 11.1. The molecule has 0 fully saturated rings. The lowest BCUT2D eigenvalue weighted by Gasteiger charge is -2.18. The quantitative estimate of drug-likeness (QED) is 0.240. The third-order valence-electron chi connectivity index (χ3n) is 4.82. The van der Waals surface area contributed by atoms with E-state index in [-0.39, 0.29) is 0 Å². The number of rotatable bonds is 14. The molecule has 0 aliphatic heterocycles. The van der Waals surface area contributed by atoms with Gasteiger partial charge in [-0.1, -0.05) is 95.0 Å². The summed E-state index contributed by atoms with van der Waals surface area (Å²) in [6.07, 6.45) is 18.7. The highest BCUT2D eigenvalue weighted by atomic mass is 31.2. The van der Waals surface area contributed by atoms with Crippen LogP contribution in [0.5, 0.6) is 0 Å². The van der Waals surface area contributed by atoms with Crippen molar-refractivity contribution >= 4 is 7.26 Å². The second-order valence-corrected chi connectivity index (χ2v) is 12.5. The number of hydrogen-bond donors (Lipinski definition) is 0. The Morgan fingerprint density at radius 3 is 1.65 bits per heavy atom. The third-order valence-corrected chi connectivity index (χ3v) is 7.57.